The van der Waals surface area contributed by atoms with E-state index in [1.165, 1.54) is 0 Å². The van der Waals surface area contributed by atoms with Crippen molar-refractivity contribution < 1.29 is 14.4 Å². The third-order valence-electron chi connectivity index (χ3n) is 3.00. The SMILES string of the molecule is CCCc1nc(COc2ccccc2[C@H](O)CC)no1. The van der Waals surface area contributed by atoms with E-state index in [2.05, 4.69) is 17.1 Å². The molecule has 1 N–H and O–H groups in total. The van der Waals surface area contributed by atoms with E-state index < -0.39 is 6.10 Å². The Labute approximate surface area is 118 Å². The zero-order chi connectivity index (χ0) is 14.4. The maximum Gasteiger partial charge on any atom is 0.226 e. The van der Waals surface area contributed by atoms with E-state index in [4.69, 9.17) is 9.26 Å². The summed E-state index contributed by atoms with van der Waals surface area (Å²) in [5.74, 6) is 1.81. The molecule has 0 fully saturated rings. The molecular weight excluding hydrogens is 256 g/mol. The number of aromatic nitrogens is 2. The highest BCUT2D eigenvalue weighted by molar-refractivity contribution is 5.35. The third-order valence-corrected chi connectivity index (χ3v) is 3.00. The van der Waals surface area contributed by atoms with E-state index in [9.17, 15) is 5.11 Å². The summed E-state index contributed by atoms with van der Waals surface area (Å²) < 4.78 is 10.8. The van der Waals surface area contributed by atoms with Crippen LogP contribution in [0.2, 0.25) is 0 Å². The summed E-state index contributed by atoms with van der Waals surface area (Å²) in [4.78, 5) is 4.24. The van der Waals surface area contributed by atoms with Crippen molar-refractivity contribution in [3.05, 3.63) is 41.5 Å². The second-order valence-electron chi connectivity index (χ2n) is 4.60. The molecular formula is C15H20N2O3. The second-order valence-corrected chi connectivity index (χ2v) is 4.60. The minimum Gasteiger partial charge on any atom is -0.485 e. The van der Waals surface area contributed by atoms with E-state index in [1.54, 1.807) is 0 Å². The molecule has 0 radical (unpaired) electrons. The molecule has 20 heavy (non-hydrogen) atoms. The average molecular weight is 276 g/mol. The van der Waals surface area contributed by atoms with Crippen LogP contribution < -0.4 is 4.74 Å². The molecule has 5 nitrogen and oxygen atoms in total. The van der Waals surface area contributed by atoms with Gasteiger partial charge in [0.2, 0.25) is 11.7 Å². The summed E-state index contributed by atoms with van der Waals surface area (Å²) in [6.07, 6.45) is 1.86. The monoisotopic (exact) mass is 276 g/mol. The summed E-state index contributed by atoms with van der Waals surface area (Å²) in [6.45, 7) is 4.22. The molecule has 2 rings (SSSR count). The highest BCUT2D eigenvalue weighted by Crippen LogP contribution is 2.27. The Kier molecular flexibility index (Phi) is 5.12. The van der Waals surface area contributed by atoms with E-state index in [-0.39, 0.29) is 6.61 Å². The van der Waals surface area contributed by atoms with Gasteiger partial charge in [0.15, 0.2) is 6.61 Å². The molecule has 108 valence electrons. The summed E-state index contributed by atoms with van der Waals surface area (Å²) in [6, 6.07) is 7.46. The molecule has 0 unspecified atom stereocenters. The normalized spacial score (nSPS) is 12.3. The first kappa shape index (κ1) is 14.5. The molecule has 0 aliphatic carbocycles. The largest absolute Gasteiger partial charge is 0.485 e. The molecule has 1 heterocycles. The fraction of sp³-hybridized carbons (Fsp3) is 0.467. The smallest absolute Gasteiger partial charge is 0.226 e. The van der Waals surface area contributed by atoms with Crippen LogP contribution in [0.15, 0.2) is 28.8 Å². The fourth-order valence-corrected chi connectivity index (χ4v) is 1.91. The van der Waals surface area contributed by atoms with E-state index in [0.717, 1.165) is 18.4 Å². The number of ether oxygens (including phenoxy) is 1. The van der Waals surface area contributed by atoms with Crippen LogP contribution in [-0.2, 0) is 13.0 Å². The van der Waals surface area contributed by atoms with Gasteiger partial charge < -0.3 is 14.4 Å². The lowest BCUT2D eigenvalue weighted by atomic mass is 10.1. The Morgan fingerprint density at radius 1 is 1.30 bits per heavy atom. The van der Waals surface area contributed by atoms with E-state index in [0.29, 0.717) is 23.9 Å². The second kappa shape index (κ2) is 7.05. The predicted molar refractivity (Wildman–Crippen MR) is 74.3 cm³/mol. The molecule has 0 saturated heterocycles. The van der Waals surface area contributed by atoms with Crippen molar-refractivity contribution in [3.8, 4) is 5.75 Å². The summed E-state index contributed by atoms with van der Waals surface area (Å²) in [5.41, 5.74) is 0.785. The van der Waals surface area contributed by atoms with Crippen LogP contribution in [-0.4, -0.2) is 15.2 Å². The molecule has 0 amide bonds. The lowest BCUT2D eigenvalue weighted by Crippen LogP contribution is -2.03. The van der Waals surface area contributed by atoms with Gasteiger partial charge in [-0.2, -0.15) is 4.98 Å². The van der Waals surface area contributed by atoms with Gasteiger partial charge in [-0.3, -0.25) is 0 Å². The average Bonchev–Trinajstić information content (AvgIpc) is 2.93. The van der Waals surface area contributed by atoms with Gasteiger partial charge in [-0.1, -0.05) is 37.2 Å². The van der Waals surface area contributed by atoms with Crippen LogP contribution in [0, 0.1) is 0 Å². The molecule has 2 aromatic rings. The number of hydrogen-bond donors (Lipinski definition) is 1. The van der Waals surface area contributed by atoms with Crippen molar-refractivity contribution in [3.63, 3.8) is 0 Å². The first-order valence-electron chi connectivity index (χ1n) is 6.95. The molecule has 1 aromatic carbocycles. The van der Waals surface area contributed by atoms with E-state index in [1.807, 2.05) is 31.2 Å². The number of hydrogen-bond acceptors (Lipinski definition) is 5. The highest BCUT2D eigenvalue weighted by atomic mass is 16.5. The Bertz CT molecular complexity index is 539. The predicted octanol–water partition coefficient (Wildman–Crippen LogP) is 3.04. The van der Waals surface area contributed by atoms with Crippen molar-refractivity contribution in [2.75, 3.05) is 0 Å². The quantitative estimate of drug-likeness (QED) is 0.841. The zero-order valence-corrected chi connectivity index (χ0v) is 11.9. The van der Waals surface area contributed by atoms with Gasteiger partial charge in [-0.15, -0.1) is 0 Å². The molecule has 0 saturated carbocycles. The maximum absolute atomic E-state index is 9.95. The summed E-state index contributed by atoms with van der Waals surface area (Å²) in [7, 11) is 0. The van der Waals surface area contributed by atoms with Crippen LogP contribution in [0.25, 0.3) is 0 Å². The van der Waals surface area contributed by atoms with Crippen LogP contribution in [0.4, 0.5) is 0 Å². The van der Waals surface area contributed by atoms with Crippen molar-refractivity contribution >= 4 is 0 Å². The molecule has 1 atom stereocenters. The number of aliphatic hydroxyl groups is 1. The zero-order valence-electron chi connectivity index (χ0n) is 11.9. The van der Waals surface area contributed by atoms with Crippen LogP contribution >= 0.6 is 0 Å². The Balaban J connectivity index is 2.02. The summed E-state index contributed by atoms with van der Waals surface area (Å²) in [5, 5.41) is 13.8. The third kappa shape index (κ3) is 3.57. The van der Waals surface area contributed by atoms with Gasteiger partial charge in [0, 0.05) is 12.0 Å². The number of nitrogens with zero attached hydrogens (tertiary/aromatic N) is 2. The molecule has 0 aliphatic heterocycles. The minimum atomic E-state index is -0.521. The first-order valence-corrected chi connectivity index (χ1v) is 6.95. The first-order chi connectivity index (χ1) is 9.74. The summed E-state index contributed by atoms with van der Waals surface area (Å²) >= 11 is 0. The number of para-hydroxylation sites is 1. The molecule has 1 aromatic heterocycles. The van der Waals surface area contributed by atoms with Gasteiger partial charge in [0.1, 0.15) is 5.75 Å². The van der Waals surface area contributed by atoms with Gasteiger partial charge in [-0.05, 0) is 18.9 Å². The standard InChI is InChI=1S/C15H20N2O3/c1-3-7-15-16-14(17-20-15)10-19-13-9-6-5-8-11(13)12(18)4-2/h5-6,8-9,12,18H,3-4,7,10H2,1-2H3/t12-/m1/s1. The fourth-order valence-electron chi connectivity index (χ4n) is 1.91. The van der Waals surface area contributed by atoms with Crippen molar-refractivity contribution in [1.29, 1.82) is 0 Å². The van der Waals surface area contributed by atoms with Crippen LogP contribution in [0.1, 0.15) is 50.1 Å². The topological polar surface area (TPSA) is 68.4 Å². The lowest BCUT2D eigenvalue weighted by molar-refractivity contribution is 0.165. The van der Waals surface area contributed by atoms with Crippen LogP contribution in [0.3, 0.4) is 0 Å². The number of benzene rings is 1. The molecule has 5 heteroatoms. The lowest BCUT2D eigenvalue weighted by Gasteiger charge is -2.13. The molecule has 0 spiro atoms. The maximum atomic E-state index is 9.95. The number of rotatable bonds is 7. The number of aryl methyl sites for hydroxylation is 1. The number of aliphatic hydroxyl groups excluding tert-OH is 1. The molecule has 0 aliphatic rings. The van der Waals surface area contributed by atoms with Crippen molar-refractivity contribution in [2.24, 2.45) is 0 Å². The Hall–Kier alpha value is -1.88. The Morgan fingerprint density at radius 3 is 2.85 bits per heavy atom. The molecule has 0 bridgehead atoms. The van der Waals surface area contributed by atoms with Gasteiger partial charge in [0.25, 0.3) is 0 Å². The van der Waals surface area contributed by atoms with Crippen molar-refractivity contribution in [1.82, 2.24) is 10.1 Å². The minimum absolute atomic E-state index is 0.237. The highest BCUT2D eigenvalue weighted by Gasteiger charge is 2.12. The van der Waals surface area contributed by atoms with Gasteiger partial charge in [0.05, 0.1) is 6.10 Å². The van der Waals surface area contributed by atoms with Gasteiger partial charge >= 0.3 is 0 Å². The van der Waals surface area contributed by atoms with Crippen molar-refractivity contribution in [2.45, 2.75) is 45.8 Å². The van der Waals surface area contributed by atoms with Gasteiger partial charge in [-0.25, -0.2) is 0 Å². The van der Waals surface area contributed by atoms with Crippen LogP contribution in [0.5, 0.6) is 5.75 Å². The Morgan fingerprint density at radius 2 is 2.10 bits per heavy atom. The van der Waals surface area contributed by atoms with E-state index >= 15 is 0 Å².